The Balaban J connectivity index is 1.29. The second kappa shape index (κ2) is 7.26. The van der Waals surface area contributed by atoms with Gasteiger partial charge in [-0.05, 0) is 81.1 Å². The molecule has 2 aliphatic heterocycles. The van der Waals surface area contributed by atoms with E-state index in [9.17, 15) is 4.79 Å². The van der Waals surface area contributed by atoms with E-state index < -0.39 is 0 Å². The molecule has 0 N–H and O–H groups in total. The fraction of sp³-hybridized carbons (Fsp3) is 0.667. The Kier molecular flexibility index (Phi) is 4.88. The standard InChI is InChI=1S/C21H30N2O/c24-21(23-11-2-1-3-12-23)19-9-13-22(14-10-19)16-17-7-8-18-5-4-6-20(18)15-17/h7-8,15,19H,1-6,9-14,16H2. The molecule has 24 heavy (non-hydrogen) atoms. The molecular formula is C21H30N2O. The maximum atomic E-state index is 12.7. The number of hydrogen-bond acceptors (Lipinski definition) is 2. The van der Waals surface area contributed by atoms with E-state index in [4.69, 9.17) is 0 Å². The number of hydrogen-bond donors (Lipinski definition) is 0. The lowest BCUT2D eigenvalue weighted by molar-refractivity contribution is -0.138. The first-order chi connectivity index (χ1) is 11.8. The Morgan fingerprint density at radius 3 is 2.46 bits per heavy atom. The average molecular weight is 326 g/mol. The van der Waals surface area contributed by atoms with Gasteiger partial charge in [0.2, 0.25) is 5.91 Å². The fourth-order valence-corrected chi connectivity index (χ4v) is 4.69. The van der Waals surface area contributed by atoms with Crippen molar-refractivity contribution < 1.29 is 4.79 Å². The van der Waals surface area contributed by atoms with Crippen LogP contribution in [0.15, 0.2) is 18.2 Å². The highest BCUT2D eigenvalue weighted by molar-refractivity contribution is 5.79. The second-order valence-corrected chi connectivity index (χ2v) is 7.89. The minimum absolute atomic E-state index is 0.277. The molecule has 0 bridgehead atoms. The zero-order chi connectivity index (χ0) is 16.4. The molecule has 4 rings (SSSR count). The van der Waals surface area contributed by atoms with E-state index in [1.165, 1.54) is 44.1 Å². The number of nitrogens with zero attached hydrogens (tertiary/aromatic N) is 2. The molecule has 1 aliphatic carbocycles. The normalized spacial score (nSPS) is 22.6. The fourth-order valence-electron chi connectivity index (χ4n) is 4.69. The lowest BCUT2D eigenvalue weighted by Gasteiger charge is -2.35. The number of carbonyl (C=O) groups is 1. The van der Waals surface area contributed by atoms with Crippen molar-refractivity contribution in [2.24, 2.45) is 5.92 Å². The van der Waals surface area contributed by atoms with Gasteiger partial charge in [0.15, 0.2) is 0 Å². The number of aryl methyl sites for hydroxylation is 2. The van der Waals surface area contributed by atoms with Crippen LogP contribution < -0.4 is 0 Å². The monoisotopic (exact) mass is 326 g/mol. The molecule has 1 aromatic rings. The van der Waals surface area contributed by atoms with E-state index in [1.54, 1.807) is 11.1 Å². The number of amides is 1. The predicted octanol–water partition coefficient (Wildman–Crippen LogP) is 3.40. The molecule has 0 spiro atoms. The Labute approximate surface area is 146 Å². The molecule has 2 heterocycles. The Hall–Kier alpha value is -1.35. The first kappa shape index (κ1) is 16.1. The summed E-state index contributed by atoms with van der Waals surface area (Å²) in [5.41, 5.74) is 4.59. The summed E-state index contributed by atoms with van der Waals surface area (Å²) in [6, 6.07) is 7.08. The highest BCUT2D eigenvalue weighted by Crippen LogP contribution is 2.26. The van der Waals surface area contributed by atoms with Gasteiger partial charge < -0.3 is 4.90 Å². The molecule has 0 radical (unpaired) electrons. The van der Waals surface area contributed by atoms with Crippen molar-refractivity contribution in [2.45, 2.75) is 57.9 Å². The van der Waals surface area contributed by atoms with E-state index in [2.05, 4.69) is 28.0 Å². The van der Waals surface area contributed by atoms with Crippen LogP contribution in [0.1, 0.15) is 55.2 Å². The van der Waals surface area contributed by atoms with Crippen LogP contribution in [0.4, 0.5) is 0 Å². The van der Waals surface area contributed by atoms with Crippen molar-refractivity contribution in [3.63, 3.8) is 0 Å². The SMILES string of the molecule is O=C(C1CCN(Cc2ccc3c(c2)CCC3)CC1)N1CCCCC1. The van der Waals surface area contributed by atoms with Crippen molar-refractivity contribution in [2.75, 3.05) is 26.2 Å². The zero-order valence-electron chi connectivity index (χ0n) is 14.8. The van der Waals surface area contributed by atoms with Crippen molar-refractivity contribution in [1.82, 2.24) is 9.80 Å². The molecule has 0 unspecified atom stereocenters. The molecule has 3 nitrogen and oxygen atoms in total. The minimum Gasteiger partial charge on any atom is -0.342 e. The molecule has 0 atom stereocenters. The van der Waals surface area contributed by atoms with Crippen LogP contribution >= 0.6 is 0 Å². The number of benzene rings is 1. The van der Waals surface area contributed by atoms with Gasteiger partial charge in [-0.1, -0.05) is 18.2 Å². The molecule has 0 aromatic heterocycles. The summed E-state index contributed by atoms with van der Waals surface area (Å²) in [6.45, 7) is 5.18. The smallest absolute Gasteiger partial charge is 0.225 e. The van der Waals surface area contributed by atoms with Crippen LogP contribution in [0.2, 0.25) is 0 Å². The number of rotatable bonds is 3. The molecule has 1 aromatic carbocycles. The van der Waals surface area contributed by atoms with Crippen LogP contribution in [0.25, 0.3) is 0 Å². The van der Waals surface area contributed by atoms with Crippen molar-refractivity contribution in [1.29, 1.82) is 0 Å². The summed E-state index contributed by atoms with van der Waals surface area (Å²) in [7, 11) is 0. The van der Waals surface area contributed by atoms with Crippen molar-refractivity contribution >= 4 is 5.91 Å². The van der Waals surface area contributed by atoms with Gasteiger partial charge in [-0.2, -0.15) is 0 Å². The van der Waals surface area contributed by atoms with Crippen LogP contribution in [0, 0.1) is 5.92 Å². The third-order valence-electron chi connectivity index (χ3n) is 6.17. The molecule has 0 saturated carbocycles. The van der Waals surface area contributed by atoms with E-state index in [1.807, 2.05) is 0 Å². The molecule has 3 heteroatoms. The Morgan fingerprint density at radius 1 is 0.917 bits per heavy atom. The predicted molar refractivity (Wildman–Crippen MR) is 96.9 cm³/mol. The van der Waals surface area contributed by atoms with Crippen molar-refractivity contribution in [3.8, 4) is 0 Å². The third-order valence-corrected chi connectivity index (χ3v) is 6.17. The van der Waals surface area contributed by atoms with Gasteiger partial charge in [0.05, 0.1) is 0 Å². The van der Waals surface area contributed by atoms with Gasteiger partial charge in [0, 0.05) is 25.6 Å². The van der Waals surface area contributed by atoms with Crippen LogP contribution in [0.5, 0.6) is 0 Å². The van der Waals surface area contributed by atoms with Gasteiger partial charge in [-0.25, -0.2) is 0 Å². The van der Waals surface area contributed by atoms with E-state index in [-0.39, 0.29) is 5.92 Å². The summed E-state index contributed by atoms with van der Waals surface area (Å²) < 4.78 is 0. The number of likely N-dealkylation sites (tertiary alicyclic amines) is 2. The molecule has 3 aliphatic rings. The largest absolute Gasteiger partial charge is 0.342 e. The summed E-state index contributed by atoms with van der Waals surface area (Å²) >= 11 is 0. The van der Waals surface area contributed by atoms with E-state index in [0.29, 0.717) is 5.91 Å². The van der Waals surface area contributed by atoms with Gasteiger partial charge in [-0.3, -0.25) is 9.69 Å². The van der Waals surface area contributed by atoms with Gasteiger partial charge >= 0.3 is 0 Å². The second-order valence-electron chi connectivity index (χ2n) is 7.89. The lowest BCUT2D eigenvalue weighted by atomic mass is 9.94. The first-order valence-corrected chi connectivity index (χ1v) is 9.91. The molecule has 130 valence electrons. The lowest BCUT2D eigenvalue weighted by Crippen LogP contribution is -2.44. The first-order valence-electron chi connectivity index (χ1n) is 9.91. The quantitative estimate of drug-likeness (QED) is 0.850. The summed E-state index contributed by atoms with van der Waals surface area (Å²) in [5.74, 6) is 0.714. The highest BCUT2D eigenvalue weighted by atomic mass is 16.2. The van der Waals surface area contributed by atoms with Crippen molar-refractivity contribution in [3.05, 3.63) is 34.9 Å². The van der Waals surface area contributed by atoms with Crippen LogP contribution in [-0.2, 0) is 24.2 Å². The average Bonchev–Trinajstić information content (AvgIpc) is 3.10. The van der Waals surface area contributed by atoms with Gasteiger partial charge in [0.1, 0.15) is 0 Å². The van der Waals surface area contributed by atoms with Crippen LogP contribution in [-0.4, -0.2) is 41.9 Å². The highest BCUT2D eigenvalue weighted by Gasteiger charge is 2.29. The third kappa shape index (κ3) is 3.51. The molecular weight excluding hydrogens is 296 g/mol. The topological polar surface area (TPSA) is 23.6 Å². The summed E-state index contributed by atoms with van der Waals surface area (Å²) in [5, 5.41) is 0. The Bertz CT molecular complexity index is 584. The number of piperidine rings is 2. The van der Waals surface area contributed by atoms with E-state index in [0.717, 1.165) is 45.6 Å². The maximum absolute atomic E-state index is 12.7. The molecule has 1 amide bonds. The zero-order valence-corrected chi connectivity index (χ0v) is 14.8. The summed E-state index contributed by atoms with van der Waals surface area (Å²) in [6.07, 6.45) is 9.62. The summed E-state index contributed by atoms with van der Waals surface area (Å²) in [4.78, 5) is 17.3. The van der Waals surface area contributed by atoms with E-state index >= 15 is 0 Å². The van der Waals surface area contributed by atoms with Gasteiger partial charge in [0.25, 0.3) is 0 Å². The maximum Gasteiger partial charge on any atom is 0.225 e. The van der Waals surface area contributed by atoms with Crippen LogP contribution in [0.3, 0.4) is 0 Å². The van der Waals surface area contributed by atoms with Gasteiger partial charge in [-0.15, -0.1) is 0 Å². The minimum atomic E-state index is 0.277. The Morgan fingerprint density at radius 2 is 1.67 bits per heavy atom. The molecule has 2 fully saturated rings. The number of fused-ring (bicyclic) bond motifs is 1. The number of carbonyl (C=O) groups excluding carboxylic acids is 1. The molecule has 2 saturated heterocycles.